The van der Waals surface area contributed by atoms with Crippen LogP contribution in [0.2, 0.25) is 0 Å². The van der Waals surface area contributed by atoms with Gasteiger partial charge in [-0.3, -0.25) is 9.59 Å². The van der Waals surface area contributed by atoms with E-state index in [1.165, 1.54) is 12.8 Å². The maximum Gasteiger partial charge on any atom is 0.243 e. The van der Waals surface area contributed by atoms with Gasteiger partial charge in [-0.25, -0.2) is 0 Å². The first-order valence-corrected chi connectivity index (χ1v) is 8.74. The van der Waals surface area contributed by atoms with E-state index in [0.29, 0.717) is 24.1 Å². The van der Waals surface area contributed by atoms with Crippen LogP contribution >= 0.6 is 11.8 Å². The fraction of sp³-hybridized carbons (Fsp3) is 0.857. The lowest BCUT2D eigenvalue weighted by Crippen LogP contribution is -2.51. The number of hydrogen-bond acceptors (Lipinski definition) is 4. The predicted molar refractivity (Wildman–Crippen MR) is 79.0 cm³/mol. The summed E-state index contributed by atoms with van der Waals surface area (Å²) in [5.74, 6) is 2.26. The maximum atomic E-state index is 12.3. The molecular formula is C14H23N3O2S. The van der Waals surface area contributed by atoms with Gasteiger partial charge in [0.05, 0.1) is 5.88 Å². The largest absolute Gasteiger partial charge is 0.353 e. The molecule has 0 aromatic rings. The molecule has 0 bridgehead atoms. The summed E-state index contributed by atoms with van der Waals surface area (Å²) in [6, 6.07) is -0.219. The van der Waals surface area contributed by atoms with Gasteiger partial charge in [0.25, 0.3) is 0 Å². The molecule has 0 radical (unpaired) electrons. The van der Waals surface area contributed by atoms with Crippen molar-refractivity contribution < 1.29 is 9.59 Å². The third kappa shape index (κ3) is 2.96. The Morgan fingerprint density at radius 2 is 2.05 bits per heavy atom. The molecular weight excluding hydrogens is 274 g/mol. The first-order chi connectivity index (χ1) is 9.66. The van der Waals surface area contributed by atoms with Crippen molar-refractivity contribution in [3.63, 3.8) is 0 Å². The summed E-state index contributed by atoms with van der Waals surface area (Å²) in [5, 5.41) is 2.93. The van der Waals surface area contributed by atoms with Gasteiger partial charge in [0, 0.05) is 24.3 Å². The third-order valence-electron chi connectivity index (χ3n) is 4.66. The van der Waals surface area contributed by atoms with Gasteiger partial charge < -0.3 is 16.0 Å². The Morgan fingerprint density at radius 3 is 2.65 bits per heavy atom. The second-order valence-electron chi connectivity index (χ2n) is 6.20. The number of nitrogens with two attached hydrogens (primary N) is 1. The minimum atomic E-state index is -0.292. The smallest absolute Gasteiger partial charge is 0.243 e. The number of nitrogens with one attached hydrogen (secondary N) is 1. The van der Waals surface area contributed by atoms with Crippen LogP contribution in [0.1, 0.15) is 32.1 Å². The van der Waals surface area contributed by atoms with Crippen molar-refractivity contribution in [1.29, 1.82) is 0 Å². The second kappa shape index (κ2) is 5.93. The molecule has 3 rings (SSSR count). The molecule has 1 aliphatic heterocycles. The number of rotatable bonds is 5. The zero-order valence-electron chi connectivity index (χ0n) is 11.7. The Labute approximate surface area is 124 Å². The molecule has 0 aromatic heterocycles. The molecule has 5 nitrogen and oxygen atoms in total. The van der Waals surface area contributed by atoms with Crippen LogP contribution in [-0.2, 0) is 9.59 Å². The molecule has 20 heavy (non-hydrogen) atoms. The summed E-state index contributed by atoms with van der Waals surface area (Å²) in [5.41, 5.74) is 6.00. The highest BCUT2D eigenvalue weighted by atomic mass is 32.2. The minimum absolute atomic E-state index is 0.0289. The number of nitrogens with zero attached hydrogens (tertiary/aromatic N) is 1. The van der Waals surface area contributed by atoms with Crippen LogP contribution < -0.4 is 11.1 Å². The number of carbonyl (C=O) groups is 2. The number of thioether (sulfide) groups is 1. The van der Waals surface area contributed by atoms with E-state index in [1.807, 2.05) is 0 Å². The first kappa shape index (κ1) is 14.2. The predicted octanol–water partition coefficient (Wildman–Crippen LogP) is 0.541. The molecule has 2 saturated carbocycles. The normalized spacial score (nSPS) is 28.1. The molecule has 2 aliphatic carbocycles. The van der Waals surface area contributed by atoms with E-state index >= 15 is 0 Å². The fourth-order valence-corrected chi connectivity index (χ4v) is 3.96. The fourth-order valence-electron chi connectivity index (χ4n) is 2.79. The van der Waals surface area contributed by atoms with E-state index < -0.39 is 0 Å². The van der Waals surface area contributed by atoms with Gasteiger partial charge in [-0.15, -0.1) is 11.8 Å². The molecule has 6 heteroatoms. The Morgan fingerprint density at radius 1 is 1.30 bits per heavy atom. The summed E-state index contributed by atoms with van der Waals surface area (Å²) in [4.78, 5) is 26.3. The van der Waals surface area contributed by atoms with Crippen molar-refractivity contribution in [3.05, 3.63) is 0 Å². The SMILES string of the molecule is NC(CNC(=O)C1CSCN1C(=O)C1CCC1)C1CC1. The van der Waals surface area contributed by atoms with Crippen molar-refractivity contribution in [3.8, 4) is 0 Å². The Bertz CT molecular complexity index is 396. The van der Waals surface area contributed by atoms with Gasteiger partial charge in [-0.05, 0) is 31.6 Å². The van der Waals surface area contributed by atoms with E-state index in [-0.39, 0.29) is 29.8 Å². The minimum Gasteiger partial charge on any atom is -0.353 e. The average Bonchev–Trinajstić information content (AvgIpc) is 3.10. The van der Waals surface area contributed by atoms with Gasteiger partial charge >= 0.3 is 0 Å². The van der Waals surface area contributed by atoms with E-state index in [0.717, 1.165) is 19.3 Å². The molecule has 2 amide bonds. The molecule has 3 fully saturated rings. The van der Waals surface area contributed by atoms with Crippen molar-refractivity contribution in [2.24, 2.45) is 17.6 Å². The highest BCUT2D eigenvalue weighted by Gasteiger charge is 2.39. The molecule has 0 spiro atoms. The maximum absolute atomic E-state index is 12.3. The van der Waals surface area contributed by atoms with Gasteiger partial charge in [-0.2, -0.15) is 0 Å². The van der Waals surface area contributed by atoms with E-state index in [9.17, 15) is 9.59 Å². The van der Waals surface area contributed by atoms with Crippen LogP contribution in [0.3, 0.4) is 0 Å². The summed E-state index contributed by atoms with van der Waals surface area (Å²) < 4.78 is 0. The number of carbonyl (C=O) groups excluding carboxylic acids is 2. The van der Waals surface area contributed by atoms with Crippen LogP contribution in [0.4, 0.5) is 0 Å². The number of amides is 2. The monoisotopic (exact) mass is 297 g/mol. The van der Waals surface area contributed by atoms with Gasteiger partial charge in [0.1, 0.15) is 6.04 Å². The molecule has 1 heterocycles. The second-order valence-corrected chi connectivity index (χ2v) is 7.20. The summed E-state index contributed by atoms with van der Waals surface area (Å²) >= 11 is 1.66. The summed E-state index contributed by atoms with van der Waals surface area (Å²) in [6.07, 6.45) is 5.48. The molecule has 3 aliphatic rings. The van der Waals surface area contributed by atoms with Crippen LogP contribution in [0.5, 0.6) is 0 Å². The zero-order chi connectivity index (χ0) is 14.1. The quantitative estimate of drug-likeness (QED) is 0.777. The van der Waals surface area contributed by atoms with Gasteiger partial charge in [0.15, 0.2) is 0 Å². The Kier molecular flexibility index (Phi) is 4.21. The lowest BCUT2D eigenvalue weighted by Gasteiger charge is -2.31. The van der Waals surface area contributed by atoms with E-state index in [2.05, 4.69) is 5.32 Å². The lowest BCUT2D eigenvalue weighted by molar-refractivity contribution is -0.143. The summed E-state index contributed by atoms with van der Waals surface area (Å²) in [7, 11) is 0. The van der Waals surface area contributed by atoms with Gasteiger partial charge in [0.2, 0.25) is 11.8 Å². The molecule has 0 aromatic carbocycles. The lowest BCUT2D eigenvalue weighted by atomic mass is 9.84. The van der Waals surface area contributed by atoms with Crippen molar-refractivity contribution in [2.45, 2.75) is 44.2 Å². The Hall–Kier alpha value is -0.750. The van der Waals surface area contributed by atoms with Crippen molar-refractivity contribution >= 4 is 23.6 Å². The molecule has 112 valence electrons. The first-order valence-electron chi connectivity index (χ1n) is 7.58. The van der Waals surface area contributed by atoms with Crippen LogP contribution in [0.15, 0.2) is 0 Å². The highest BCUT2D eigenvalue weighted by molar-refractivity contribution is 7.99. The topological polar surface area (TPSA) is 75.4 Å². The zero-order valence-corrected chi connectivity index (χ0v) is 12.5. The van der Waals surface area contributed by atoms with E-state index in [4.69, 9.17) is 5.73 Å². The number of hydrogen-bond donors (Lipinski definition) is 2. The van der Waals surface area contributed by atoms with Crippen LogP contribution in [-0.4, -0.2) is 47.0 Å². The molecule has 1 saturated heterocycles. The van der Waals surface area contributed by atoms with Crippen LogP contribution in [0.25, 0.3) is 0 Å². The molecule has 2 atom stereocenters. The average molecular weight is 297 g/mol. The molecule has 3 N–H and O–H groups in total. The third-order valence-corrected chi connectivity index (χ3v) is 5.67. The van der Waals surface area contributed by atoms with E-state index in [1.54, 1.807) is 16.7 Å². The van der Waals surface area contributed by atoms with Crippen molar-refractivity contribution in [1.82, 2.24) is 10.2 Å². The van der Waals surface area contributed by atoms with Gasteiger partial charge in [-0.1, -0.05) is 6.42 Å². The highest BCUT2D eigenvalue weighted by Crippen LogP contribution is 2.33. The molecule has 2 unspecified atom stereocenters. The standard InChI is InChI=1S/C14H23N3O2S/c15-11(9-4-5-9)6-16-13(18)12-7-20-8-17(12)14(19)10-2-1-3-10/h9-12H,1-8,15H2,(H,16,18). The Balaban J connectivity index is 1.51. The summed E-state index contributed by atoms with van der Waals surface area (Å²) in [6.45, 7) is 0.538. The van der Waals surface area contributed by atoms with Crippen LogP contribution in [0, 0.1) is 11.8 Å². The van der Waals surface area contributed by atoms with Crippen molar-refractivity contribution in [2.75, 3.05) is 18.2 Å².